The number of rotatable bonds is 1. The molecule has 168 valence electrons. The summed E-state index contributed by atoms with van der Waals surface area (Å²) in [5.74, 6) is 0.0975. The summed E-state index contributed by atoms with van der Waals surface area (Å²) in [6.07, 6.45) is 19.6. The number of hydrogen-bond acceptors (Lipinski definition) is 5. The molecule has 34 heavy (non-hydrogen) atoms. The number of ketones is 1. The topological polar surface area (TPSA) is 82.5 Å². The molecular formula is C28H25N5O. The van der Waals surface area contributed by atoms with Gasteiger partial charge in [0.25, 0.3) is 0 Å². The number of H-pyrrole nitrogens is 1. The highest BCUT2D eigenvalue weighted by atomic mass is 16.1. The average molecular weight is 448 g/mol. The highest BCUT2D eigenvalue weighted by Gasteiger charge is 2.52. The Kier molecular flexibility index (Phi) is 4.21. The third kappa shape index (κ3) is 3.17. The second-order valence-electron chi connectivity index (χ2n) is 9.87. The van der Waals surface area contributed by atoms with Crippen molar-refractivity contribution in [2.75, 3.05) is 0 Å². The predicted molar refractivity (Wildman–Crippen MR) is 135 cm³/mol. The maximum absolute atomic E-state index is 13.7. The first-order valence-corrected chi connectivity index (χ1v) is 11.4. The van der Waals surface area contributed by atoms with Gasteiger partial charge in [0.05, 0.1) is 22.5 Å². The second-order valence-corrected chi connectivity index (χ2v) is 9.87. The number of nitrogens with zero attached hydrogens (tertiary/aromatic N) is 3. The fourth-order valence-electron chi connectivity index (χ4n) is 5.09. The smallest absolute Gasteiger partial charge is 0.173 e. The van der Waals surface area contributed by atoms with Gasteiger partial charge in [0, 0.05) is 28.8 Å². The van der Waals surface area contributed by atoms with Crippen molar-refractivity contribution in [1.82, 2.24) is 15.3 Å². The van der Waals surface area contributed by atoms with E-state index in [4.69, 9.17) is 9.98 Å². The average Bonchev–Trinajstić information content (AvgIpc) is 3.57. The number of nitrogens with one attached hydrogen (secondary N) is 2. The lowest BCUT2D eigenvalue weighted by Gasteiger charge is -2.25. The Balaban J connectivity index is 1.63. The van der Waals surface area contributed by atoms with Crippen molar-refractivity contribution in [3.05, 3.63) is 101 Å². The second kappa shape index (κ2) is 6.97. The highest BCUT2D eigenvalue weighted by Crippen LogP contribution is 2.44. The molecule has 0 saturated carbocycles. The minimum absolute atomic E-state index is 0.0975. The van der Waals surface area contributed by atoms with Crippen molar-refractivity contribution in [3.8, 4) is 0 Å². The van der Waals surface area contributed by atoms with Crippen molar-refractivity contribution in [1.29, 1.82) is 0 Å². The Morgan fingerprint density at radius 1 is 0.853 bits per heavy atom. The van der Waals surface area contributed by atoms with Crippen LogP contribution in [0.4, 0.5) is 0 Å². The zero-order chi connectivity index (χ0) is 23.6. The van der Waals surface area contributed by atoms with E-state index in [1.807, 2.05) is 81.5 Å². The molecule has 2 aromatic rings. The molecule has 2 atom stereocenters. The minimum atomic E-state index is -0.884. The lowest BCUT2D eigenvalue weighted by molar-refractivity contribution is -0.126. The van der Waals surface area contributed by atoms with Crippen LogP contribution in [0.1, 0.15) is 26.3 Å². The van der Waals surface area contributed by atoms with Crippen LogP contribution in [0.5, 0.6) is 0 Å². The number of Topliss-reactive ketones (excluding diaryl/α,β-unsaturated/α-hetero) is 1. The van der Waals surface area contributed by atoms with E-state index >= 15 is 0 Å². The molecule has 4 aliphatic rings. The maximum atomic E-state index is 13.7. The molecule has 1 saturated heterocycles. The molecule has 6 rings (SSSR count). The number of aliphatic imine (C=N–C) groups is 2. The van der Waals surface area contributed by atoms with E-state index in [9.17, 15) is 4.79 Å². The first-order valence-electron chi connectivity index (χ1n) is 11.4. The van der Waals surface area contributed by atoms with Crippen LogP contribution in [-0.2, 0) is 10.3 Å². The van der Waals surface area contributed by atoms with Gasteiger partial charge in [-0.15, -0.1) is 0 Å². The number of hydrogen-bond donors (Lipinski definition) is 2. The maximum Gasteiger partial charge on any atom is 0.173 e. The van der Waals surface area contributed by atoms with E-state index in [0.29, 0.717) is 0 Å². The SMILES string of the molecule is CC12C=C3C=CC(=N3)C=c3ccc([nH]3)=CC3=NC(c4ccncc4)(C=C3)C=C(N1)C(C)(C)C2=O. The summed E-state index contributed by atoms with van der Waals surface area (Å²) in [7, 11) is 0. The molecule has 0 amide bonds. The zero-order valence-electron chi connectivity index (χ0n) is 19.3. The third-order valence-corrected chi connectivity index (χ3v) is 6.89. The fourth-order valence-corrected chi connectivity index (χ4v) is 5.09. The van der Waals surface area contributed by atoms with Crippen LogP contribution in [0.2, 0.25) is 0 Å². The largest absolute Gasteiger partial charge is 0.373 e. The summed E-state index contributed by atoms with van der Waals surface area (Å²) < 4.78 is 0. The molecule has 6 nitrogen and oxygen atoms in total. The van der Waals surface area contributed by atoms with Gasteiger partial charge in [-0.25, -0.2) is 4.99 Å². The molecule has 2 N–H and O–H groups in total. The van der Waals surface area contributed by atoms with Gasteiger partial charge in [-0.05, 0) is 99.2 Å². The number of aromatic nitrogens is 2. The van der Waals surface area contributed by atoms with Gasteiger partial charge in [-0.2, -0.15) is 0 Å². The molecule has 4 aliphatic heterocycles. The van der Waals surface area contributed by atoms with E-state index < -0.39 is 16.5 Å². The summed E-state index contributed by atoms with van der Waals surface area (Å²) in [6.45, 7) is 5.85. The van der Waals surface area contributed by atoms with E-state index in [-0.39, 0.29) is 5.78 Å². The van der Waals surface area contributed by atoms with Gasteiger partial charge in [-0.3, -0.25) is 14.8 Å². The van der Waals surface area contributed by atoms with Crippen LogP contribution >= 0.6 is 0 Å². The van der Waals surface area contributed by atoms with Crippen molar-refractivity contribution >= 4 is 29.4 Å². The van der Waals surface area contributed by atoms with Gasteiger partial charge >= 0.3 is 0 Å². The third-order valence-electron chi connectivity index (χ3n) is 6.89. The Hall–Kier alpha value is -4.06. The van der Waals surface area contributed by atoms with Gasteiger partial charge in [-0.1, -0.05) is 0 Å². The summed E-state index contributed by atoms with van der Waals surface area (Å²) in [4.78, 5) is 31.1. The number of carbonyl (C=O) groups excluding carboxylic acids is 1. The molecule has 0 aliphatic carbocycles. The Labute approximate surface area is 197 Å². The number of carbonyl (C=O) groups is 1. The van der Waals surface area contributed by atoms with Crippen LogP contribution in [0.25, 0.3) is 12.2 Å². The fraction of sp³-hybridized carbons (Fsp3) is 0.214. The van der Waals surface area contributed by atoms with E-state index in [2.05, 4.69) is 27.4 Å². The van der Waals surface area contributed by atoms with Crippen LogP contribution in [0, 0.1) is 5.41 Å². The van der Waals surface area contributed by atoms with Gasteiger partial charge < -0.3 is 10.3 Å². The van der Waals surface area contributed by atoms with Crippen molar-refractivity contribution < 1.29 is 4.79 Å². The molecule has 6 heteroatoms. The van der Waals surface area contributed by atoms with Gasteiger partial charge in [0.2, 0.25) is 0 Å². The lowest BCUT2D eigenvalue weighted by atomic mass is 9.79. The van der Waals surface area contributed by atoms with Crippen LogP contribution in [0.3, 0.4) is 0 Å². The first kappa shape index (κ1) is 20.5. The van der Waals surface area contributed by atoms with Crippen molar-refractivity contribution in [3.63, 3.8) is 0 Å². The molecule has 2 aromatic heterocycles. The summed E-state index contributed by atoms with van der Waals surface area (Å²) in [6, 6.07) is 8.00. The molecule has 8 bridgehead atoms. The summed E-state index contributed by atoms with van der Waals surface area (Å²) in [5.41, 5.74) is 1.93. The number of fused-ring (bicyclic) bond motifs is 6. The minimum Gasteiger partial charge on any atom is -0.373 e. The van der Waals surface area contributed by atoms with E-state index in [1.165, 1.54) is 0 Å². The highest BCUT2D eigenvalue weighted by molar-refractivity contribution is 6.20. The number of aromatic amines is 1. The normalized spacial score (nSPS) is 28.4. The standard InChI is InChI=1S/C28H25N5O/c1-26(2)24-17-28(18-9-12-29-13-10-18)11-8-22(32-28)15-21-5-4-19(30-21)14-20-6-7-23(31-20)16-27(3,33-24)25(26)34/h4-17,30,33H,1-3H3. The lowest BCUT2D eigenvalue weighted by Crippen LogP contribution is -2.41. The van der Waals surface area contributed by atoms with Crippen molar-refractivity contribution in [2.24, 2.45) is 15.4 Å². The summed E-state index contributed by atoms with van der Waals surface area (Å²) in [5, 5.41) is 5.45. The summed E-state index contributed by atoms with van der Waals surface area (Å²) >= 11 is 0. The first-order chi connectivity index (χ1) is 16.3. The van der Waals surface area contributed by atoms with Crippen molar-refractivity contribution in [2.45, 2.75) is 31.8 Å². The van der Waals surface area contributed by atoms with E-state index in [1.54, 1.807) is 12.4 Å². The Morgan fingerprint density at radius 2 is 1.59 bits per heavy atom. The van der Waals surface area contributed by atoms with Crippen LogP contribution < -0.4 is 16.0 Å². The molecule has 2 unspecified atom stereocenters. The van der Waals surface area contributed by atoms with Crippen LogP contribution in [-0.4, -0.2) is 32.7 Å². The number of allylic oxidation sites excluding steroid dienone is 4. The molecule has 0 spiro atoms. The van der Waals surface area contributed by atoms with Crippen LogP contribution in [0.15, 0.2) is 94.5 Å². The molecule has 6 heterocycles. The Morgan fingerprint density at radius 3 is 2.35 bits per heavy atom. The monoisotopic (exact) mass is 447 g/mol. The van der Waals surface area contributed by atoms with Gasteiger partial charge in [0.15, 0.2) is 5.78 Å². The molecule has 1 fully saturated rings. The van der Waals surface area contributed by atoms with Gasteiger partial charge in [0.1, 0.15) is 11.1 Å². The Bertz CT molecular complexity index is 1530. The molecule has 0 aromatic carbocycles. The molecule has 0 radical (unpaired) electrons. The quantitative estimate of drug-likeness (QED) is 0.705. The molecular weight excluding hydrogens is 422 g/mol. The van der Waals surface area contributed by atoms with E-state index in [0.717, 1.165) is 39.1 Å². The number of pyridine rings is 1. The zero-order valence-corrected chi connectivity index (χ0v) is 19.3. The predicted octanol–water partition coefficient (Wildman–Crippen LogP) is 2.63.